The number of piperidine rings is 1. The lowest BCUT2D eigenvalue weighted by Crippen LogP contribution is -2.50. The van der Waals surface area contributed by atoms with Crippen molar-refractivity contribution in [2.75, 3.05) is 13.1 Å². The summed E-state index contributed by atoms with van der Waals surface area (Å²) in [5.74, 6) is 0.434. The highest BCUT2D eigenvalue weighted by molar-refractivity contribution is 6.31. The first kappa shape index (κ1) is 10.6. The van der Waals surface area contributed by atoms with Gasteiger partial charge in [0.1, 0.15) is 0 Å². The van der Waals surface area contributed by atoms with E-state index in [1.807, 2.05) is 12.1 Å². The molecule has 0 bridgehead atoms. The molecule has 0 unspecified atom stereocenters. The quantitative estimate of drug-likeness (QED) is 0.749. The Bertz CT molecular complexity index is 420. The number of hydrogen-bond acceptors (Lipinski definition) is 2. The van der Waals surface area contributed by atoms with Crippen LogP contribution in [0, 0.1) is 0 Å². The molecule has 3 heteroatoms. The molecule has 0 amide bonds. The first-order valence-electron chi connectivity index (χ1n) is 5.83. The number of benzene rings is 1. The van der Waals surface area contributed by atoms with Gasteiger partial charge in [0.2, 0.25) is 0 Å². The van der Waals surface area contributed by atoms with Gasteiger partial charge in [-0.3, -0.25) is 0 Å². The van der Waals surface area contributed by atoms with Crippen LogP contribution in [-0.2, 0) is 11.3 Å². The minimum absolute atomic E-state index is 0.0110. The number of ether oxygens (including phenoxy) is 1. The van der Waals surface area contributed by atoms with Crippen LogP contribution in [-0.4, -0.2) is 18.7 Å². The zero-order valence-corrected chi connectivity index (χ0v) is 10.2. The van der Waals surface area contributed by atoms with E-state index < -0.39 is 0 Å². The predicted molar refractivity (Wildman–Crippen MR) is 64.9 cm³/mol. The molecule has 2 atom stereocenters. The molecule has 0 aromatic heterocycles. The molecular weight excluding hydrogens is 222 g/mol. The lowest BCUT2D eigenvalue weighted by atomic mass is 9.75. The zero-order valence-electron chi connectivity index (χ0n) is 9.42. The Labute approximate surface area is 101 Å². The van der Waals surface area contributed by atoms with Crippen molar-refractivity contribution < 1.29 is 4.74 Å². The van der Waals surface area contributed by atoms with Crippen LogP contribution in [0.3, 0.4) is 0 Å². The summed E-state index contributed by atoms with van der Waals surface area (Å²) >= 11 is 6.22. The number of halogens is 1. The fourth-order valence-corrected chi connectivity index (χ4v) is 3.11. The van der Waals surface area contributed by atoms with Crippen LogP contribution >= 0.6 is 11.6 Å². The van der Waals surface area contributed by atoms with Gasteiger partial charge in [0, 0.05) is 17.5 Å². The normalized spacial score (nSPS) is 33.0. The van der Waals surface area contributed by atoms with E-state index >= 15 is 0 Å². The monoisotopic (exact) mass is 237 g/mol. The standard InChI is InChI=1S/C13H16ClNO/c1-13-5-6-15-7-11(13)9-3-2-4-12(14)10(9)8-16-13/h2-4,11,15H,5-8H2,1H3/t11-,13+/m0/s1. The summed E-state index contributed by atoms with van der Waals surface area (Å²) in [5.41, 5.74) is 2.53. The van der Waals surface area contributed by atoms with Crippen LogP contribution in [0.4, 0.5) is 0 Å². The SMILES string of the molecule is C[C@@]12CCNC[C@H]1c1cccc(Cl)c1CO2. The van der Waals surface area contributed by atoms with Gasteiger partial charge in [-0.15, -0.1) is 0 Å². The maximum atomic E-state index is 6.22. The van der Waals surface area contributed by atoms with Gasteiger partial charge >= 0.3 is 0 Å². The van der Waals surface area contributed by atoms with Crippen molar-refractivity contribution in [1.29, 1.82) is 0 Å². The molecule has 2 aliphatic heterocycles. The van der Waals surface area contributed by atoms with Crippen LogP contribution in [0.25, 0.3) is 0 Å². The average Bonchev–Trinajstić information content (AvgIpc) is 2.28. The fourth-order valence-electron chi connectivity index (χ4n) is 2.88. The first-order chi connectivity index (χ1) is 7.71. The van der Waals surface area contributed by atoms with Crippen molar-refractivity contribution in [3.8, 4) is 0 Å². The summed E-state index contributed by atoms with van der Waals surface area (Å²) in [4.78, 5) is 0. The van der Waals surface area contributed by atoms with E-state index in [4.69, 9.17) is 16.3 Å². The predicted octanol–water partition coefficient (Wildman–Crippen LogP) is 2.71. The van der Waals surface area contributed by atoms with E-state index in [1.165, 1.54) is 11.1 Å². The molecule has 0 aliphatic carbocycles. The van der Waals surface area contributed by atoms with Gasteiger partial charge in [-0.1, -0.05) is 23.7 Å². The van der Waals surface area contributed by atoms with E-state index in [-0.39, 0.29) is 5.60 Å². The van der Waals surface area contributed by atoms with Gasteiger partial charge < -0.3 is 10.1 Å². The zero-order chi connectivity index (χ0) is 11.2. The van der Waals surface area contributed by atoms with Gasteiger partial charge in [-0.2, -0.15) is 0 Å². The molecule has 2 nitrogen and oxygen atoms in total. The van der Waals surface area contributed by atoms with E-state index in [1.54, 1.807) is 0 Å². The molecule has 1 fully saturated rings. The number of nitrogens with one attached hydrogen (secondary N) is 1. The van der Waals surface area contributed by atoms with E-state index in [2.05, 4.69) is 18.3 Å². The fraction of sp³-hybridized carbons (Fsp3) is 0.538. The molecule has 1 saturated heterocycles. The average molecular weight is 238 g/mol. The summed E-state index contributed by atoms with van der Waals surface area (Å²) in [6, 6.07) is 6.18. The van der Waals surface area contributed by atoms with Gasteiger partial charge in [-0.25, -0.2) is 0 Å². The van der Waals surface area contributed by atoms with Crippen molar-refractivity contribution in [2.24, 2.45) is 0 Å². The Morgan fingerprint density at radius 2 is 2.38 bits per heavy atom. The second kappa shape index (κ2) is 3.73. The third-order valence-corrected chi connectivity index (χ3v) is 4.31. The van der Waals surface area contributed by atoms with Crippen molar-refractivity contribution in [2.45, 2.75) is 31.5 Å². The molecule has 0 spiro atoms. The van der Waals surface area contributed by atoms with Crippen molar-refractivity contribution in [3.05, 3.63) is 34.3 Å². The van der Waals surface area contributed by atoms with E-state index in [9.17, 15) is 0 Å². The highest BCUT2D eigenvalue weighted by Crippen LogP contribution is 2.43. The molecule has 1 aromatic carbocycles. The molecule has 2 aliphatic rings. The molecule has 0 radical (unpaired) electrons. The van der Waals surface area contributed by atoms with E-state index in [0.717, 1.165) is 24.5 Å². The summed E-state index contributed by atoms with van der Waals surface area (Å²) in [6.45, 7) is 4.91. The Morgan fingerprint density at radius 1 is 1.50 bits per heavy atom. The number of rotatable bonds is 0. The number of fused-ring (bicyclic) bond motifs is 3. The van der Waals surface area contributed by atoms with E-state index in [0.29, 0.717) is 12.5 Å². The smallest absolute Gasteiger partial charge is 0.0751 e. The van der Waals surface area contributed by atoms with Crippen molar-refractivity contribution in [3.63, 3.8) is 0 Å². The van der Waals surface area contributed by atoms with Crippen LogP contribution < -0.4 is 5.32 Å². The van der Waals surface area contributed by atoms with Gasteiger partial charge in [0.25, 0.3) is 0 Å². The summed E-state index contributed by atoms with van der Waals surface area (Å²) in [6.07, 6.45) is 1.07. The highest BCUT2D eigenvalue weighted by Gasteiger charge is 2.42. The largest absolute Gasteiger partial charge is 0.370 e. The summed E-state index contributed by atoms with van der Waals surface area (Å²) < 4.78 is 6.05. The minimum Gasteiger partial charge on any atom is -0.370 e. The van der Waals surface area contributed by atoms with Crippen LogP contribution in [0.5, 0.6) is 0 Å². The second-order valence-electron chi connectivity index (χ2n) is 4.92. The molecule has 16 heavy (non-hydrogen) atoms. The Hall–Kier alpha value is -0.570. The maximum Gasteiger partial charge on any atom is 0.0751 e. The van der Waals surface area contributed by atoms with Gasteiger partial charge in [0.05, 0.1) is 12.2 Å². The summed E-state index contributed by atoms with van der Waals surface area (Å²) in [7, 11) is 0. The Kier molecular flexibility index (Phi) is 2.46. The molecule has 3 rings (SSSR count). The maximum absolute atomic E-state index is 6.22. The van der Waals surface area contributed by atoms with Crippen LogP contribution in [0.15, 0.2) is 18.2 Å². The molecule has 86 valence electrons. The Balaban J connectivity index is 2.08. The highest BCUT2D eigenvalue weighted by atomic mass is 35.5. The van der Waals surface area contributed by atoms with Gasteiger partial charge in [-0.05, 0) is 37.1 Å². The third-order valence-electron chi connectivity index (χ3n) is 3.96. The second-order valence-corrected chi connectivity index (χ2v) is 5.32. The van der Waals surface area contributed by atoms with Crippen molar-refractivity contribution >= 4 is 11.6 Å². The molecule has 2 heterocycles. The minimum atomic E-state index is -0.0110. The Morgan fingerprint density at radius 3 is 3.25 bits per heavy atom. The lowest BCUT2D eigenvalue weighted by Gasteiger charge is -2.46. The summed E-state index contributed by atoms with van der Waals surface area (Å²) in [5, 5.41) is 4.28. The third kappa shape index (κ3) is 1.48. The van der Waals surface area contributed by atoms with Crippen LogP contribution in [0.1, 0.15) is 30.4 Å². The number of hydrogen-bond donors (Lipinski definition) is 1. The van der Waals surface area contributed by atoms with Crippen LogP contribution in [0.2, 0.25) is 5.02 Å². The molecule has 1 aromatic rings. The molecular formula is C13H16ClNO. The van der Waals surface area contributed by atoms with Gasteiger partial charge in [0.15, 0.2) is 0 Å². The lowest BCUT2D eigenvalue weighted by molar-refractivity contribution is -0.0888. The topological polar surface area (TPSA) is 21.3 Å². The van der Waals surface area contributed by atoms with Crippen molar-refractivity contribution in [1.82, 2.24) is 5.32 Å². The molecule has 0 saturated carbocycles. The molecule has 1 N–H and O–H groups in total. The first-order valence-corrected chi connectivity index (χ1v) is 6.20.